The number of carbonyl (C=O) groups excluding carboxylic acids is 1. The van der Waals surface area contributed by atoms with Crippen LogP contribution in [0.5, 0.6) is 0 Å². The minimum Gasteiger partial charge on any atom is -0.324 e. The number of benzene rings is 2. The Balaban J connectivity index is 1.59. The van der Waals surface area contributed by atoms with Gasteiger partial charge in [0, 0.05) is 16.1 Å². The highest BCUT2D eigenvalue weighted by Gasteiger charge is 2.13. The maximum absolute atomic E-state index is 12.7. The Labute approximate surface area is 177 Å². The number of thioether (sulfide) groups is 1. The first kappa shape index (κ1) is 19.9. The summed E-state index contributed by atoms with van der Waals surface area (Å²) in [5, 5.41) is 11.5. The van der Waals surface area contributed by atoms with E-state index in [1.54, 1.807) is 17.8 Å². The van der Waals surface area contributed by atoms with Crippen molar-refractivity contribution < 1.29 is 4.79 Å². The van der Waals surface area contributed by atoms with Crippen LogP contribution in [0.25, 0.3) is 16.9 Å². The predicted octanol–water partition coefficient (Wildman–Crippen LogP) is 3.54. The first-order valence-electron chi connectivity index (χ1n) is 9.43. The summed E-state index contributed by atoms with van der Waals surface area (Å²) in [5.41, 5.74) is 4.56. The van der Waals surface area contributed by atoms with Gasteiger partial charge in [-0.05, 0) is 67.6 Å². The molecule has 0 saturated carbocycles. The van der Waals surface area contributed by atoms with Crippen molar-refractivity contribution in [3.05, 3.63) is 76.2 Å². The summed E-state index contributed by atoms with van der Waals surface area (Å²) in [4.78, 5) is 26.2. The van der Waals surface area contributed by atoms with E-state index in [-0.39, 0.29) is 12.5 Å². The van der Waals surface area contributed by atoms with Gasteiger partial charge >= 0.3 is 5.69 Å². The molecule has 7 nitrogen and oxygen atoms in total. The molecule has 0 atom stereocenters. The summed E-state index contributed by atoms with van der Waals surface area (Å²) in [6.07, 6.45) is 1.97. The van der Waals surface area contributed by atoms with Crippen LogP contribution in [0.4, 0.5) is 5.69 Å². The average Bonchev–Trinajstić information content (AvgIpc) is 3.05. The zero-order chi connectivity index (χ0) is 21.3. The summed E-state index contributed by atoms with van der Waals surface area (Å²) >= 11 is 1.59. The van der Waals surface area contributed by atoms with Gasteiger partial charge in [-0.15, -0.1) is 16.9 Å². The minimum absolute atomic E-state index is 0.190. The smallest absolute Gasteiger partial charge is 0.324 e. The molecule has 0 saturated heterocycles. The summed E-state index contributed by atoms with van der Waals surface area (Å²) in [5.74, 6) is -0.326. The van der Waals surface area contributed by atoms with Crippen molar-refractivity contribution in [2.24, 2.45) is 0 Å². The number of nitrogens with one attached hydrogen (secondary N) is 1. The Bertz CT molecular complexity index is 1310. The molecular formula is C22H21N5O2S. The molecule has 2 heterocycles. The molecule has 0 fully saturated rings. The molecule has 0 unspecified atom stereocenters. The van der Waals surface area contributed by atoms with Crippen molar-refractivity contribution in [3.8, 4) is 11.3 Å². The SMILES string of the molecule is CSc1cccc(NC(=O)Cn2nc3ccc(-c4ccc(C)c(C)c4)nn3c2=O)c1. The van der Waals surface area contributed by atoms with E-state index in [0.29, 0.717) is 17.0 Å². The van der Waals surface area contributed by atoms with Crippen molar-refractivity contribution in [2.45, 2.75) is 25.3 Å². The lowest BCUT2D eigenvalue weighted by Gasteiger charge is -2.06. The normalized spacial score (nSPS) is 11.0. The van der Waals surface area contributed by atoms with E-state index in [1.165, 1.54) is 10.1 Å². The quantitative estimate of drug-likeness (QED) is 0.501. The standard InChI is InChI=1S/C22H21N5O2S/c1-14-7-8-16(11-15(14)2)19-9-10-20-25-26(22(29)27(20)24-19)13-21(28)23-17-5-4-6-18(12-17)30-3/h4-12H,13H2,1-3H3,(H,23,28). The molecule has 2 aromatic heterocycles. The van der Waals surface area contributed by atoms with Crippen LogP contribution in [0.15, 0.2) is 64.3 Å². The third-order valence-electron chi connectivity index (χ3n) is 4.89. The van der Waals surface area contributed by atoms with Gasteiger partial charge in [0.2, 0.25) is 5.91 Å². The van der Waals surface area contributed by atoms with Gasteiger partial charge < -0.3 is 5.32 Å². The lowest BCUT2D eigenvalue weighted by atomic mass is 10.0. The Hall–Kier alpha value is -3.39. The molecule has 152 valence electrons. The molecule has 0 radical (unpaired) electrons. The van der Waals surface area contributed by atoms with Gasteiger partial charge in [0.25, 0.3) is 0 Å². The van der Waals surface area contributed by atoms with Crippen LogP contribution in [0.1, 0.15) is 11.1 Å². The van der Waals surface area contributed by atoms with Crippen LogP contribution in [-0.2, 0) is 11.3 Å². The van der Waals surface area contributed by atoms with Crippen LogP contribution in [0.3, 0.4) is 0 Å². The highest BCUT2D eigenvalue weighted by Crippen LogP contribution is 2.20. The highest BCUT2D eigenvalue weighted by atomic mass is 32.2. The van der Waals surface area contributed by atoms with Crippen molar-refractivity contribution in [2.75, 3.05) is 11.6 Å². The maximum atomic E-state index is 12.7. The van der Waals surface area contributed by atoms with Crippen LogP contribution in [-0.4, -0.2) is 31.6 Å². The fourth-order valence-electron chi connectivity index (χ4n) is 3.10. The van der Waals surface area contributed by atoms with Crippen molar-refractivity contribution in [3.63, 3.8) is 0 Å². The second-order valence-electron chi connectivity index (χ2n) is 7.01. The van der Waals surface area contributed by atoms with Crippen molar-refractivity contribution in [1.82, 2.24) is 19.4 Å². The summed E-state index contributed by atoms with van der Waals surface area (Å²) in [7, 11) is 0. The van der Waals surface area contributed by atoms with E-state index in [0.717, 1.165) is 20.7 Å². The number of fused-ring (bicyclic) bond motifs is 1. The number of aryl methyl sites for hydroxylation is 2. The van der Waals surface area contributed by atoms with Crippen molar-refractivity contribution >= 4 is 29.0 Å². The first-order valence-corrected chi connectivity index (χ1v) is 10.7. The minimum atomic E-state index is -0.455. The van der Waals surface area contributed by atoms with E-state index in [1.807, 2.05) is 68.6 Å². The molecule has 2 aromatic carbocycles. The summed E-state index contributed by atoms with van der Waals surface area (Å²) < 4.78 is 2.35. The number of nitrogens with zero attached hydrogens (tertiary/aromatic N) is 4. The number of amides is 1. The lowest BCUT2D eigenvalue weighted by Crippen LogP contribution is -2.28. The van der Waals surface area contributed by atoms with Gasteiger partial charge in [-0.1, -0.05) is 18.2 Å². The molecule has 4 aromatic rings. The van der Waals surface area contributed by atoms with Gasteiger partial charge in [0.05, 0.1) is 5.69 Å². The number of aromatic nitrogens is 4. The largest absolute Gasteiger partial charge is 0.367 e. The third-order valence-corrected chi connectivity index (χ3v) is 5.62. The highest BCUT2D eigenvalue weighted by molar-refractivity contribution is 7.98. The van der Waals surface area contributed by atoms with E-state index in [4.69, 9.17) is 0 Å². The first-order chi connectivity index (χ1) is 14.4. The number of hydrogen-bond donors (Lipinski definition) is 1. The van der Waals surface area contributed by atoms with Crippen molar-refractivity contribution in [1.29, 1.82) is 0 Å². The predicted molar refractivity (Wildman–Crippen MR) is 119 cm³/mol. The Morgan fingerprint density at radius 3 is 2.63 bits per heavy atom. The molecule has 0 bridgehead atoms. The number of hydrogen-bond acceptors (Lipinski definition) is 5. The van der Waals surface area contributed by atoms with Crippen LogP contribution < -0.4 is 11.0 Å². The zero-order valence-corrected chi connectivity index (χ0v) is 17.7. The van der Waals surface area contributed by atoms with E-state index in [2.05, 4.69) is 15.5 Å². The van der Waals surface area contributed by atoms with Crippen LogP contribution in [0.2, 0.25) is 0 Å². The lowest BCUT2D eigenvalue weighted by molar-refractivity contribution is -0.117. The van der Waals surface area contributed by atoms with Crippen LogP contribution >= 0.6 is 11.8 Å². The molecule has 0 aliphatic carbocycles. The average molecular weight is 420 g/mol. The fourth-order valence-corrected chi connectivity index (χ4v) is 3.56. The molecule has 1 amide bonds. The molecule has 4 rings (SSSR count). The van der Waals surface area contributed by atoms with Gasteiger partial charge in [0.15, 0.2) is 5.65 Å². The van der Waals surface area contributed by atoms with Gasteiger partial charge in [-0.3, -0.25) is 4.79 Å². The Kier molecular flexibility index (Phi) is 5.41. The van der Waals surface area contributed by atoms with E-state index >= 15 is 0 Å². The Morgan fingerprint density at radius 2 is 1.87 bits per heavy atom. The van der Waals surface area contributed by atoms with Gasteiger partial charge in [0.1, 0.15) is 6.54 Å². The van der Waals surface area contributed by atoms with E-state index < -0.39 is 5.69 Å². The molecule has 0 aliphatic heterocycles. The second-order valence-corrected chi connectivity index (χ2v) is 7.89. The molecular weight excluding hydrogens is 398 g/mol. The zero-order valence-electron chi connectivity index (χ0n) is 16.9. The topological polar surface area (TPSA) is 81.3 Å². The molecule has 0 aliphatic rings. The van der Waals surface area contributed by atoms with Gasteiger partial charge in [-0.25, -0.2) is 9.48 Å². The molecule has 1 N–H and O–H groups in total. The molecule has 8 heteroatoms. The summed E-state index contributed by atoms with van der Waals surface area (Å²) in [6.45, 7) is 3.90. The maximum Gasteiger partial charge on any atom is 0.367 e. The summed E-state index contributed by atoms with van der Waals surface area (Å²) in [6, 6.07) is 17.1. The van der Waals surface area contributed by atoms with E-state index in [9.17, 15) is 9.59 Å². The fraction of sp³-hybridized carbons (Fsp3) is 0.182. The molecule has 30 heavy (non-hydrogen) atoms. The Morgan fingerprint density at radius 1 is 1.03 bits per heavy atom. The van der Waals surface area contributed by atoms with Gasteiger partial charge in [-0.2, -0.15) is 9.61 Å². The number of carbonyl (C=O) groups is 1. The second kappa shape index (κ2) is 8.16. The molecule has 0 spiro atoms. The number of rotatable bonds is 5. The van der Waals surface area contributed by atoms with Crippen LogP contribution in [0, 0.1) is 13.8 Å². The monoisotopic (exact) mass is 419 g/mol. The third kappa shape index (κ3) is 3.99. The number of anilines is 1.